The normalized spacial score (nSPS) is 22.9. The zero-order valence-electron chi connectivity index (χ0n) is 16.9. The van der Waals surface area contributed by atoms with Gasteiger partial charge in [-0.2, -0.15) is 0 Å². The van der Waals surface area contributed by atoms with E-state index in [0.717, 1.165) is 41.6 Å². The van der Waals surface area contributed by atoms with E-state index in [1.54, 1.807) is 14.2 Å². The number of aliphatic imine (C=N–C) groups is 2. The standard InChI is InChI=1S/C22H29N3O2/c1-6-15-10-20(24-16-11-17(26-4)13-18(12-16)27-5)22(23-3)25-19-9-7-8-14(2)21(15)19/h10-13,19H,6-9H2,1-5H3,(H,23,25). The fourth-order valence-corrected chi connectivity index (χ4v) is 3.89. The molecule has 0 bridgehead atoms. The van der Waals surface area contributed by atoms with Gasteiger partial charge in [0, 0.05) is 25.2 Å². The summed E-state index contributed by atoms with van der Waals surface area (Å²) in [5.41, 5.74) is 5.90. The van der Waals surface area contributed by atoms with Crippen LogP contribution in [-0.4, -0.2) is 38.9 Å². The number of rotatable bonds is 4. The number of methoxy groups -OCH3 is 2. The fourth-order valence-electron chi connectivity index (χ4n) is 3.89. The number of nitrogens with one attached hydrogen (secondary N) is 1. The Morgan fingerprint density at radius 3 is 2.44 bits per heavy atom. The van der Waals surface area contributed by atoms with Gasteiger partial charge in [0.05, 0.1) is 25.9 Å². The molecule has 0 radical (unpaired) electrons. The van der Waals surface area contributed by atoms with E-state index < -0.39 is 0 Å². The van der Waals surface area contributed by atoms with E-state index in [-0.39, 0.29) is 0 Å². The van der Waals surface area contributed by atoms with Gasteiger partial charge in [0.25, 0.3) is 0 Å². The Balaban J connectivity index is 2.12. The van der Waals surface area contributed by atoms with Crippen LogP contribution in [0.1, 0.15) is 39.5 Å². The van der Waals surface area contributed by atoms with Crippen LogP contribution in [-0.2, 0) is 0 Å². The van der Waals surface area contributed by atoms with E-state index >= 15 is 0 Å². The van der Waals surface area contributed by atoms with Crippen molar-refractivity contribution in [3.8, 4) is 11.5 Å². The van der Waals surface area contributed by atoms with Gasteiger partial charge in [-0.05, 0) is 49.8 Å². The summed E-state index contributed by atoms with van der Waals surface area (Å²) in [6, 6.07) is 5.98. The van der Waals surface area contributed by atoms with Crippen LogP contribution in [0.4, 0.5) is 5.69 Å². The van der Waals surface area contributed by atoms with Crippen LogP contribution >= 0.6 is 0 Å². The van der Waals surface area contributed by atoms with Crippen LogP contribution in [0.25, 0.3) is 0 Å². The third kappa shape index (κ3) is 4.07. The summed E-state index contributed by atoms with van der Waals surface area (Å²) in [6.07, 6.45) is 6.67. The molecule has 27 heavy (non-hydrogen) atoms. The van der Waals surface area contributed by atoms with Crippen LogP contribution in [0.3, 0.4) is 0 Å². The Hall–Kier alpha value is -2.56. The molecule has 5 heteroatoms. The number of ether oxygens (including phenoxy) is 2. The average Bonchev–Trinajstić information content (AvgIpc) is 2.84. The molecule has 0 saturated heterocycles. The maximum Gasteiger partial charge on any atom is 0.147 e. The minimum Gasteiger partial charge on any atom is -0.497 e. The summed E-state index contributed by atoms with van der Waals surface area (Å²) < 4.78 is 10.8. The van der Waals surface area contributed by atoms with Crippen molar-refractivity contribution in [1.82, 2.24) is 5.32 Å². The Bertz CT molecular complexity index is 812. The highest BCUT2D eigenvalue weighted by Gasteiger charge is 2.28. The smallest absolute Gasteiger partial charge is 0.147 e. The van der Waals surface area contributed by atoms with Crippen molar-refractivity contribution in [2.24, 2.45) is 9.98 Å². The number of nitrogens with zero attached hydrogens (tertiary/aromatic N) is 2. The molecule has 3 rings (SSSR count). The third-order valence-electron chi connectivity index (χ3n) is 5.25. The van der Waals surface area contributed by atoms with E-state index in [1.807, 2.05) is 25.2 Å². The van der Waals surface area contributed by atoms with E-state index in [9.17, 15) is 0 Å². The molecule has 1 atom stereocenters. The van der Waals surface area contributed by atoms with Crippen LogP contribution < -0.4 is 14.8 Å². The first-order chi connectivity index (χ1) is 13.1. The summed E-state index contributed by atoms with van der Waals surface area (Å²) in [4.78, 5) is 9.39. The van der Waals surface area contributed by atoms with Crippen LogP contribution in [0.15, 0.2) is 51.0 Å². The molecular formula is C22H29N3O2. The van der Waals surface area contributed by atoms with Crippen molar-refractivity contribution in [2.45, 2.75) is 45.6 Å². The second-order valence-corrected chi connectivity index (χ2v) is 6.95. The summed E-state index contributed by atoms with van der Waals surface area (Å²) in [7, 11) is 5.10. The largest absolute Gasteiger partial charge is 0.497 e. The summed E-state index contributed by atoms with van der Waals surface area (Å²) in [6.45, 7) is 4.46. The Kier molecular flexibility index (Phi) is 5.99. The number of hydrogen-bond donors (Lipinski definition) is 1. The zero-order valence-corrected chi connectivity index (χ0v) is 16.9. The van der Waals surface area contributed by atoms with Gasteiger partial charge in [0.15, 0.2) is 0 Å². The van der Waals surface area contributed by atoms with Gasteiger partial charge >= 0.3 is 0 Å². The molecule has 1 unspecified atom stereocenters. The molecule has 1 aromatic carbocycles. The second kappa shape index (κ2) is 8.42. The molecule has 0 amide bonds. The number of hydrogen-bond acceptors (Lipinski definition) is 4. The van der Waals surface area contributed by atoms with Crippen LogP contribution in [0.2, 0.25) is 0 Å². The predicted octanol–water partition coefficient (Wildman–Crippen LogP) is 4.61. The van der Waals surface area contributed by atoms with Gasteiger partial charge in [0.1, 0.15) is 23.0 Å². The maximum absolute atomic E-state index is 5.38. The molecule has 1 aliphatic carbocycles. The molecule has 0 aromatic heterocycles. The molecule has 1 aromatic rings. The molecule has 0 fully saturated rings. The van der Waals surface area contributed by atoms with Gasteiger partial charge in [-0.25, -0.2) is 4.99 Å². The van der Waals surface area contributed by atoms with Gasteiger partial charge in [-0.1, -0.05) is 12.5 Å². The van der Waals surface area contributed by atoms with E-state index in [2.05, 4.69) is 30.2 Å². The SMILES string of the molecule is CCC1=CC(=Nc2cc(OC)cc(OC)c2)C(=NC)NC2CCCC(C)=C12. The first-order valence-electron chi connectivity index (χ1n) is 9.55. The lowest BCUT2D eigenvalue weighted by Gasteiger charge is -2.28. The monoisotopic (exact) mass is 367 g/mol. The molecule has 1 N–H and O–H groups in total. The van der Waals surface area contributed by atoms with E-state index in [0.29, 0.717) is 6.04 Å². The highest BCUT2D eigenvalue weighted by atomic mass is 16.5. The Morgan fingerprint density at radius 2 is 1.85 bits per heavy atom. The van der Waals surface area contributed by atoms with Gasteiger partial charge in [-0.3, -0.25) is 4.99 Å². The summed E-state index contributed by atoms with van der Waals surface area (Å²) in [5.74, 6) is 2.27. The minimum absolute atomic E-state index is 0.316. The highest BCUT2D eigenvalue weighted by Crippen LogP contribution is 2.34. The fraction of sp³-hybridized carbons (Fsp3) is 0.455. The van der Waals surface area contributed by atoms with Crippen molar-refractivity contribution in [3.05, 3.63) is 41.0 Å². The van der Waals surface area contributed by atoms with Crippen molar-refractivity contribution in [3.63, 3.8) is 0 Å². The van der Waals surface area contributed by atoms with Crippen LogP contribution in [0.5, 0.6) is 11.5 Å². The molecule has 1 heterocycles. The maximum atomic E-state index is 5.38. The Morgan fingerprint density at radius 1 is 1.15 bits per heavy atom. The van der Waals surface area contributed by atoms with Crippen molar-refractivity contribution in [2.75, 3.05) is 21.3 Å². The van der Waals surface area contributed by atoms with Crippen molar-refractivity contribution >= 4 is 17.2 Å². The van der Waals surface area contributed by atoms with E-state index in [4.69, 9.17) is 14.5 Å². The number of amidine groups is 1. The van der Waals surface area contributed by atoms with E-state index in [1.165, 1.54) is 29.6 Å². The quantitative estimate of drug-likeness (QED) is 0.845. The first-order valence-corrected chi connectivity index (χ1v) is 9.55. The lowest BCUT2D eigenvalue weighted by Crippen LogP contribution is -2.39. The number of fused-ring (bicyclic) bond motifs is 1. The lowest BCUT2D eigenvalue weighted by molar-refractivity contribution is 0.394. The van der Waals surface area contributed by atoms with Gasteiger partial charge in [-0.15, -0.1) is 0 Å². The summed E-state index contributed by atoms with van der Waals surface area (Å²) in [5, 5.41) is 3.64. The third-order valence-corrected chi connectivity index (χ3v) is 5.25. The topological polar surface area (TPSA) is 55.2 Å². The van der Waals surface area contributed by atoms with Gasteiger partial charge < -0.3 is 14.8 Å². The Labute approximate surface area is 161 Å². The van der Waals surface area contributed by atoms with Crippen molar-refractivity contribution < 1.29 is 9.47 Å². The molecule has 1 aliphatic heterocycles. The molecule has 5 nitrogen and oxygen atoms in total. The summed E-state index contributed by atoms with van der Waals surface area (Å²) >= 11 is 0. The highest BCUT2D eigenvalue weighted by molar-refractivity contribution is 6.46. The molecule has 144 valence electrons. The second-order valence-electron chi connectivity index (χ2n) is 6.95. The minimum atomic E-state index is 0.316. The van der Waals surface area contributed by atoms with Gasteiger partial charge in [0.2, 0.25) is 0 Å². The molecule has 2 aliphatic rings. The predicted molar refractivity (Wildman–Crippen MR) is 112 cm³/mol. The van der Waals surface area contributed by atoms with Crippen LogP contribution in [0, 0.1) is 0 Å². The lowest BCUT2D eigenvalue weighted by atomic mass is 9.83. The first kappa shape index (κ1) is 19.2. The van der Waals surface area contributed by atoms with Crippen molar-refractivity contribution in [1.29, 1.82) is 0 Å². The average molecular weight is 367 g/mol. The molecule has 0 saturated carbocycles. The number of benzene rings is 1. The zero-order chi connectivity index (χ0) is 19.4. The molecular weight excluding hydrogens is 338 g/mol. The number of allylic oxidation sites excluding steroid dienone is 1. The molecule has 0 spiro atoms.